The summed E-state index contributed by atoms with van der Waals surface area (Å²) in [4.78, 5) is 13.8. The molecule has 0 spiro atoms. The number of likely N-dealkylation sites (tertiary alicyclic amines) is 1. The van der Waals surface area contributed by atoms with Crippen LogP contribution in [-0.4, -0.2) is 35.0 Å². The number of nitrogens with two attached hydrogens (primary N) is 1. The predicted octanol–water partition coefficient (Wildman–Crippen LogP) is 0.955. The fraction of sp³-hybridized carbons (Fsp3) is 0.417. The molecule has 1 aromatic rings. The van der Waals surface area contributed by atoms with Gasteiger partial charge in [0.2, 0.25) is 0 Å². The predicted molar refractivity (Wildman–Crippen MR) is 61.2 cm³/mol. The van der Waals surface area contributed by atoms with E-state index < -0.39 is 0 Å². The van der Waals surface area contributed by atoms with Gasteiger partial charge in [-0.1, -0.05) is 12.1 Å². The van der Waals surface area contributed by atoms with Gasteiger partial charge in [0.15, 0.2) is 0 Å². The zero-order valence-corrected chi connectivity index (χ0v) is 9.10. The molecule has 1 aromatic carbocycles. The Labute approximate surface area is 94.7 Å². The molecule has 3 N–H and O–H groups in total. The van der Waals surface area contributed by atoms with Crippen molar-refractivity contribution in [3.05, 3.63) is 29.8 Å². The van der Waals surface area contributed by atoms with E-state index in [1.807, 2.05) is 0 Å². The molecular weight excluding hydrogens is 204 g/mol. The molecule has 86 valence electrons. The van der Waals surface area contributed by atoms with Crippen LogP contribution >= 0.6 is 0 Å². The molecular formula is C12H16N2O2. The largest absolute Gasteiger partial charge is 0.507 e. The third-order valence-corrected chi connectivity index (χ3v) is 2.96. The van der Waals surface area contributed by atoms with Crippen molar-refractivity contribution in [2.75, 3.05) is 13.1 Å². The van der Waals surface area contributed by atoms with Gasteiger partial charge in [-0.05, 0) is 25.0 Å². The first-order chi connectivity index (χ1) is 7.68. The average molecular weight is 220 g/mol. The molecule has 1 aliphatic heterocycles. The fourth-order valence-corrected chi connectivity index (χ4v) is 1.93. The Kier molecular flexibility index (Phi) is 3.10. The van der Waals surface area contributed by atoms with E-state index in [0.717, 1.165) is 12.8 Å². The summed E-state index contributed by atoms with van der Waals surface area (Å²) in [6.07, 6.45) is 1.67. The third kappa shape index (κ3) is 2.17. The van der Waals surface area contributed by atoms with Crippen LogP contribution in [0.15, 0.2) is 24.3 Å². The number of phenols is 1. The highest BCUT2D eigenvalue weighted by Gasteiger charge is 2.22. The third-order valence-electron chi connectivity index (χ3n) is 2.96. The molecule has 0 radical (unpaired) electrons. The summed E-state index contributed by atoms with van der Waals surface area (Å²) in [6, 6.07) is 6.84. The van der Waals surface area contributed by atoms with Crippen LogP contribution in [0.1, 0.15) is 23.2 Å². The van der Waals surface area contributed by atoms with Crippen molar-refractivity contribution in [2.24, 2.45) is 5.73 Å². The number of para-hydroxylation sites is 1. The zero-order valence-electron chi connectivity index (χ0n) is 9.10. The smallest absolute Gasteiger partial charge is 0.257 e. The summed E-state index contributed by atoms with van der Waals surface area (Å²) in [5.41, 5.74) is 6.15. The van der Waals surface area contributed by atoms with Gasteiger partial charge >= 0.3 is 0 Å². The average Bonchev–Trinajstić information content (AvgIpc) is 2.30. The monoisotopic (exact) mass is 220 g/mol. The van der Waals surface area contributed by atoms with Crippen molar-refractivity contribution >= 4 is 5.91 Å². The SMILES string of the molecule is NC1CCN(C(=O)c2ccccc2O)CC1. The van der Waals surface area contributed by atoms with E-state index in [9.17, 15) is 9.90 Å². The van der Waals surface area contributed by atoms with E-state index in [-0.39, 0.29) is 17.7 Å². The molecule has 0 saturated carbocycles. The van der Waals surface area contributed by atoms with Crippen molar-refractivity contribution in [1.29, 1.82) is 0 Å². The van der Waals surface area contributed by atoms with Crippen molar-refractivity contribution in [3.63, 3.8) is 0 Å². The quantitative estimate of drug-likeness (QED) is 0.740. The second-order valence-corrected chi connectivity index (χ2v) is 4.15. The minimum absolute atomic E-state index is 0.0439. The van der Waals surface area contributed by atoms with Crippen LogP contribution < -0.4 is 5.73 Å². The highest BCUT2D eigenvalue weighted by Crippen LogP contribution is 2.19. The number of rotatable bonds is 1. The molecule has 1 fully saturated rings. The Morgan fingerprint density at radius 2 is 1.94 bits per heavy atom. The van der Waals surface area contributed by atoms with Gasteiger partial charge in [-0.3, -0.25) is 4.79 Å². The van der Waals surface area contributed by atoms with Crippen molar-refractivity contribution < 1.29 is 9.90 Å². The van der Waals surface area contributed by atoms with E-state index in [1.54, 1.807) is 23.1 Å². The molecule has 4 heteroatoms. The molecule has 4 nitrogen and oxygen atoms in total. The number of hydrogen-bond acceptors (Lipinski definition) is 3. The molecule has 0 aromatic heterocycles. The lowest BCUT2D eigenvalue weighted by atomic mass is 10.0. The number of hydrogen-bond donors (Lipinski definition) is 2. The van der Waals surface area contributed by atoms with Crippen LogP contribution in [0.5, 0.6) is 5.75 Å². The zero-order chi connectivity index (χ0) is 11.5. The highest BCUT2D eigenvalue weighted by molar-refractivity contribution is 5.96. The normalized spacial score (nSPS) is 17.4. The standard InChI is InChI=1S/C12H16N2O2/c13-9-5-7-14(8-6-9)12(16)10-3-1-2-4-11(10)15/h1-4,9,15H,5-8,13H2. The van der Waals surface area contributed by atoms with E-state index in [2.05, 4.69) is 0 Å². The maximum Gasteiger partial charge on any atom is 0.257 e. The van der Waals surface area contributed by atoms with Gasteiger partial charge in [0, 0.05) is 19.1 Å². The van der Waals surface area contributed by atoms with Gasteiger partial charge in [0.1, 0.15) is 5.75 Å². The van der Waals surface area contributed by atoms with Crippen LogP contribution in [0, 0.1) is 0 Å². The Hall–Kier alpha value is -1.55. The van der Waals surface area contributed by atoms with Gasteiger partial charge in [-0.2, -0.15) is 0 Å². The van der Waals surface area contributed by atoms with E-state index in [4.69, 9.17) is 5.73 Å². The van der Waals surface area contributed by atoms with Crippen LogP contribution in [-0.2, 0) is 0 Å². The lowest BCUT2D eigenvalue weighted by molar-refractivity contribution is 0.0712. The highest BCUT2D eigenvalue weighted by atomic mass is 16.3. The minimum Gasteiger partial charge on any atom is -0.507 e. The molecule has 0 atom stereocenters. The Balaban J connectivity index is 2.11. The number of benzene rings is 1. The fourth-order valence-electron chi connectivity index (χ4n) is 1.93. The molecule has 1 saturated heterocycles. The molecule has 1 heterocycles. The summed E-state index contributed by atoms with van der Waals surface area (Å²) in [5, 5.41) is 9.59. The molecule has 0 unspecified atom stereocenters. The summed E-state index contributed by atoms with van der Waals surface area (Å²) in [6.45, 7) is 1.35. The van der Waals surface area contributed by atoms with Gasteiger partial charge in [0.25, 0.3) is 5.91 Å². The number of piperidine rings is 1. The number of amides is 1. The number of nitrogens with zero attached hydrogens (tertiary/aromatic N) is 1. The van der Waals surface area contributed by atoms with Gasteiger partial charge in [0.05, 0.1) is 5.56 Å². The maximum atomic E-state index is 12.1. The molecule has 16 heavy (non-hydrogen) atoms. The van der Waals surface area contributed by atoms with Gasteiger partial charge in [-0.25, -0.2) is 0 Å². The second-order valence-electron chi connectivity index (χ2n) is 4.15. The Bertz CT molecular complexity index is 384. The molecule has 1 aliphatic rings. The lowest BCUT2D eigenvalue weighted by Gasteiger charge is -2.30. The molecule has 2 rings (SSSR count). The van der Waals surface area contributed by atoms with Crippen LogP contribution in [0.2, 0.25) is 0 Å². The first kappa shape index (κ1) is 11.0. The molecule has 0 aliphatic carbocycles. The van der Waals surface area contributed by atoms with Crippen LogP contribution in [0.4, 0.5) is 0 Å². The number of carbonyl (C=O) groups is 1. The van der Waals surface area contributed by atoms with Gasteiger partial charge < -0.3 is 15.7 Å². The maximum absolute atomic E-state index is 12.1. The number of carbonyl (C=O) groups excluding carboxylic acids is 1. The summed E-state index contributed by atoms with van der Waals surface area (Å²) in [7, 11) is 0. The summed E-state index contributed by atoms with van der Waals surface area (Å²) < 4.78 is 0. The van der Waals surface area contributed by atoms with Crippen LogP contribution in [0.3, 0.4) is 0 Å². The van der Waals surface area contributed by atoms with Crippen LogP contribution in [0.25, 0.3) is 0 Å². The van der Waals surface area contributed by atoms with E-state index >= 15 is 0 Å². The minimum atomic E-state index is -0.106. The molecule has 0 bridgehead atoms. The molecule has 1 amide bonds. The Morgan fingerprint density at radius 1 is 1.31 bits per heavy atom. The number of phenolic OH excluding ortho intramolecular Hbond substituents is 1. The van der Waals surface area contributed by atoms with Gasteiger partial charge in [-0.15, -0.1) is 0 Å². The van der Waals surface area contributed by atoms with E-state index in [0.29, 0.717) is 18.7 Å². The van der Waals surface area contributed by atoms with Crippen molar-refractivity contribution in [2.45, 2.75) is 18.9 Å². The second kappa shape index (κ2) is 4.53. The Morgan fingerprint density at radius 3 is 2.56 bits per heavy atom. The number of aromatic hydroxyl groups is 1. The van der Waals surface area contributed by atoms with Crippen molar-refractivity contribution in [1.82, 2.24) is 4.90 Å². The lowest BCUT2D eigenvalue weighted by Crippen LogP contribution is -2.42. The summed E-state index contributed by atoms with van der Waals surface area (Å²) in [5.74, 6) is -0.0626. The van der Waals surface area contributed by atoms with Crippen molar-refractivity contribution in [3.8, 4) is 5.75 Å². The first-order valence-electron chi connectivity index (χ1n) is 5.51. The topological polar surface area (TPSA) is 66.6 Å². The van der Waals surface area contributed by atoms with E-state index in [1.165, 1.54) is 6.07 Å². The summed E-state index contributed by atoms with van der Waals surface area (Å²) >= 11 is 0. The first-order valence-corrected chi connectivity index (χ1v) is 5.51.